The van der Waals surface area contributed by atoms with Crippen LogP contribution in [0.2, 0.25) is 0 Å². The minimum Gasteiger partial charge on any atom is -0.371 e. The molecule has 1 aromatic carbocycles. The van der Waals surface area contributed by atoms with E-state index in [0.717, 1.165) is 19.6 Å². The second-order valence-corrected chi connectivity index (χ2v) is 4.56. The molecule has 1 N–H and O–H groups in total. The maximum atomic E-state index is 3.58. The Morgan fingerprint density at radius 2 is 1.88 bits per heavy atom. The van der Waals surface area contributed by atoms with Gasteiger partial charge in [-0.15, -0.1) is 0 Å². The molecular formula is C15H26N2. The van der Waals surface area contributed by atoms with Gasteiger partial charge >= 0.3 is 0 Å². The molecule has 0 radical (unpaired) electrons. The molecule has 96 valence electrons. The van der Waals surface area contributed by atoms with E-state index >= 15 is 0 Å². The standard InChI is InChI=1S/C15H26N2/c1-4-9-14(3)16-12-13-17(5-2)15-10-7-6-8-11-15/h6-8,10-11,14,16H,4-5,9,12-13H2,1-3H3. The number of nitrogens with one attached hydrogen (secondary N) is 1. The molecule has 2 heteroatoms. The fourth-order valence-electron chi connectivity index (χ4n) is 2.09. The van der Waals surface area contributed by atoms with Crippen molar-refractivity contribution in [1.29, 1.82) is 0 Å². The Balaban J connectivity index is 2.33. The van der Waals surface area contributed by atoms with Crippen molar-refractivity contribution in [1.82, 2.24) is 5.32 Å². The molecule has 0 amide bonds. The monoisotopic (exact) mass is 234 g/mol. The first-order valence-electron chi connectivity index (χ1n) is 6.81. The van der Waals surface area contributed by atoms with Crippen molar-refractivity contribution in [2.75, 3.05) is 24.5 Å². The van der Waals surface area contributed by atoms with Gasteiger partial charge in [0.1, 0.15) is 0 Å². The molecule has 0 fully saturated rings. The highest BCUT2D eigenvalue weighted by atomic mass is 15.1. The second-order valence-electron chi connectivity index (χ2n) is 4.56. The lowest BCUT2D eigenvalue weighted by atomic mass is 10.2. The maximum absolute atomic E-state index is 3.58. The Morgan fingerprint density at radius 3 is 2.47 bits per heavy atom. The molecule has 1 unspecified atom stereocenters. The van der Waals surface area contributed by atoms with E-state index in [4.69, 9.17) is 0 Å². The number of hydrogen-bond acceptors (Lipinski definition) is 2. The van der Waals surface area contributed by atoms with Crippen LogP contribution in [0.1, 0.15) is 33.6 Å². The van der Waals surface area contributed by atoms with E-state index in [2.05, 4.69) is 61.3 Å². The van der Waals surface area contributed by atoms with Crippen LogP contribution in [-0.2, 0) is 0 Å². The van der Waals surface area contributed by atoms with Crippen molar-refractivity contribution in [2.45, 2.75) is 39.7 Å². The second kappa shape index (κ2) is 8.13. The third-order valence-corrected chi connectivity index (χ3v) is 3.10. The van der Waals surface area contributed by atoms with Crippen LogP contribution >= 0.6 is 0 Å². The largest absolute Gasteiger partial charge is 0.371 e. The molecule has 1 rings (SSSR count). The first kappa shape index (κ1) is 14.0. The third-order valence-electron chi connectivity index (χ3n) is 3.10. The average molecular weight is 234 g/mol. The van der Waals surface area contributed by atoms with Gasteiger partial charge in [0.05, 0.1) is 0 Å². The zero-order valence-electron chi connectivity index (χ0n) is 11.4. The maximum Gasteiger partial charge on any atom is 0.0366 e. The first-order valence-corrected chi connectivity index (χ1v) is 6.81. The average Bonchev–Trinajstić information content (AvgIpc) is 2.36. The third kappa shape index (κ3) is 5.22. The molecular weight excluding hydrogens is 208 g/mol. The molecule has 17 heavy (non-hydrogen) atoms. The van der Waals surface area contributed by atoms with E-state index < -0.39 is 0 Å². The van der Waals surface area contributed by atoms with Gasteiger partial charge in [0.2, 0.25) is 0 Å². The van der Waals surface area contributed by atoms with Gasteiger partial charge in [-0.05, 0) is 32.4 Å². The van der Waals surface area contributed by atoms with Gasteiger partial charge in [0, 0.05) is 31.4 Å². The summed E-state index contributed by atoms with van der Waals surface area (Å²) in [6.07, 6.45) is 2.52. The van der Waals surface area contributed by atoms with Gasteiger partial charge in [-0.2, -0.15) is 0 Å². The van der Waals surface area contributed by atoms with Crippen molar-refractivity contribution in [3.63, 3.8) is 0 Å². The number of hydrogen-bond donors (Lipinski definition) is 1. The molecule has 1 atom stereocenters. The van der Waals surface area contributed by atoms with E-state index in [1.165, 1.54) is 18.5 Å². The number of anilines is 1. The summed E-state index contributed by atoms with van der Waals surface area (Å²) in [5.41, 5.74) is 1.32. The summed E-state index contributed by atoms with van der Waals surface area (Å²) in [5, 5.41) is 3.58. The van der Waals surface area contributed by atoms with Crippen LogP contribution < -0.4 is 10.2 Å². The summed E-state index contributed by atoms with van der Waals surface area (Å²) in [6, 6.07) is 11.3. The predicted molar refractivity (Wildman–Crippen MR) is 76.7 cm³/mol. The van der Waals surface area contributed by atoms with E-state index in [1.54, 1.807) is 0 Å². The number of benzene rings is 1. The van der Waals surface area contributed by atoms with Crippen LogP contribution in [0.15, 0.2) is 30.3 Å². The molecule has 0 spiro atoms. The summed E-state index contributed by atoms with van der Waals surface area (Å²) in [7, 11) is 0. The fourth-order valence-corrected chi connectivity index (χ4v) is 2.09. The van der Waals surface area contributed by atoms with Crippen molar-refractivity contribution in [3.8, 4) is 0 Å². The van der Waals surface area contributed by atoms with Crippen LogP contribution in [0.3, 0.4) is 0 Å². The molecule has 1 aromatic rings. The zero-order valence-corrected chi connectivity index (χ0v) is 11.4. The number of para-hydroxylation sites is 1. The minimum atomic E-state index is 0.634. The van der Waals surface area contributed by atoms with Gasteiger partial charge in [-0.25, -0.2) is 0 Å². The highest BCUT2D eigenvalue weighted by Crippen LogP contribution is 2.11. The van der Waals surface area contributed by atoms with E-state index in [-0.39, 0.29) is 0 Å². The Labute approximate surface area is 106 Å². The molecule has 0 heterocycles. The lowest BCUT2D eigenvalue weighted by Crippen LogP contribution is -2.35. The SMILES string of the molecule is CCCC(C)NCCN(CC)c1ccccc1. The van der Waals surface area contributed by atoms with Crippen molar-refractivity contribution < 1.29 is 0 Å². The van der Waals surface area contributed by atoms with E-state index in [1.807, 2.05) is 0 Å². The summed E-state index contributed by atoms with van der Waals surface area (Å²) in [5.74, 6) is 0. The van der Waals surface area contributed by atoms with E-state index in [0.29, 0.717) is 6.04 Å². The lowest BCUT2D eigenvalue weighted by molar-refractivity contribution is 0.510. The van der Waals surface area contributed by atoms with Crippen LogP contribution in [0.5, 0.6) is 0 Å². The van der Waals surface area contributed by atoms with Crippen LogP contribution in [0.25, 0.3) is 0 Å². The van der Waals surface area contributed by atoms with Crippen molar-refractivity contribution >= 4 is 5.69 Å². The number of nitrogens with zero attached hydrogens (tertiary/aromatic N) is 1. The van der Waals surface area contributed by atoms with Gasteiger partial charge < -0.3 is 10.2 Å². The van der Waals surface area contributed by atoms with Crippen LogP contribution in [0.4, 0.5) is 5.69 Å². The zero-order chi connectivity index (χ0) is 12.5. The number of likely N-dealkylation sites (N-methyl/N-ethyl adjacent to an activating group) is 1. The van der Waals surface area contributed by atoms with Gasteiger partial charge in [0.25, 0.3) is 0 Å². The van der Waals surface area contributed by atoms with Crippen molar-refractivity contribution in [2.24, 2.45) is 0 Å². The fraction of sp³-hybridized carbons (Fsp3) is 0.600. The van der Waals surface area contributed by atoms with Crippen molar-refractivity contribution in [3.05, 3.63) is 30.3 Å². The molecule has 2 nitrogen and oxygen atoms in total. The summed E-state index contributed by atoms with van der Waals surface area (Å²) >= 11 is 0. The molecule has 0 aromatic heterocycles. The highest BCUT2D eigenvalue weighted by molar-refractivity contribution is 5.45. The van der Waals surface area contributed by atoms with Gasteiger partial charge in [-0.3, -0.25) is 0 Å². The summed E-state index contributed by atoms with van der Waals surface area (Å²) in [6.45, 7) is 9.91. The molecule has 0 saturated heterocycles. The van der Waals surface area contributed by atoms with Crippen LogP contribution in [0, 0.1) is 0 Å². The molecule has 0 aliphatic carbocycles. The first-order chi connectivity index (χ1) is 8.27. The highest BCUT2D eigenvalue weighted by Gasteiger charge is 2.04. The molecule has 0 aliphatic heterocycles. The Morgan fingerprint density at radius 1 is 1.18 bits per heavy atom. The summed E-state index contributed by atoms with van der Waals surface area (Å²) in [4.78, 5) is 2.41. The Hall–Kier alpha value is -1.02. The van der Waals surface area contributed by atoms with Gasteiger partial charge in [0.15, 0.2) is 0 Å². The predicted octanol–water partition coefficient (Wildman–Crippen LogP) is 3.29. The Bertz CT molecular complexity index is 284. The normalized spacial score (nSPS) is 12.4. The lowest BCUT2D eigenvalue weighted by Gasteiger charge is -2.24. The quantitative estimate of drug-likeness (QED) is 0.742. The summed E-state index contributed by atoms with van der Waals surface area (Å²) < 4.78 is 0. The smallest absolute Gasteiger partial charge is 0.0366 e. The van der Waals surface area contributed by atoms with E-state index in [9.17, 15) is 0 Å². The Kier molecular flexibility index (Phi) is 6.71. The number of rotatable bonds is 8. The minimum absolute atomic E-state index is 0.634. The van der Waals surface area contributed by atoms with Gasteiger partial charge in [-0.1, -0.05) is 31.5 Å². The molecule has 0 aliphatic rings. The topological polar surface area (TPSA) is 15.3 Å². The molecule has 0 saturated carbocycles. The van der Waals surface area contributed by atoms with Crippen LogP contribution in [-0.4, -0.2) is 25.7 Å². The molecule has 0 bridgehead atoms.